The van der Waals surface area contributed by atoms with Gasteiger partial charge in [0.1, 0.15) is 5.03 Å². The van der Waals surface area contributed by atoms with Crippen molar-refractivity contribution < 1.29 is 72.8 Å². The first kappa shape index (κ1) is 33.7. The van der Waals surface area contributed by atoms with Crippen LogP contribution in [0, 0.1) is 11.3 Å². The number of hydrogen-bond donors (Lipinski definition) is 0. The van der Waals surface area contributed by atoms with Crippen LogP contribution in [0.4, 0.5) is 0 Å². The molecule has 1 fully saturated rings. The number of hydrogen-bond acceptors (Lipinski definition) is 8. The van der Waals surface area contributed by atoms with Gasteiger partial charge in [-0.3, -0.25) is 0 Å². The molecule has 1 saturated heterocycles. The molecule has 0 radical (unpaired) electrons. The monoisotopic (exact) mass is 544 g/mol. The van der Waals surface area contributed by atoms with Crippen molar-refractivity contribution in [3.63, 3.8) is 0 Å². The number of nitriles is 1. The second-order valence-electron chi connectivity index (χ2n) is 8.17. The fourth-order valence-electron chi connectivity index (χ4n) is 3.51. The Hall–Kier alpha value is 0.656. The van der Waals surface area contributed by atoms with Gasteiger partial charge in [-0.1, -0.05) is 82.2 Å². The molecule has 0 aromatic carbocycles. The normalized spacial score (nSPS) is 14.9. The largest absolute Gasteiger partial charge is 1.00 e. The average Bonchev–Trinajstić information content (AvgIpc) is 3.16. The van der Waals surface area contributed by atoms with E-state index < -0.39 is 31.0 Å². The molecule has 1 unspecified atom stereocenters. The summed E-state index contributed by atoms with van der Waals surface area (Å²) in [6.45, 7) is 3.25. The summed E-state index contributed by atoms with van der Waals surface area (Å²) in [5.74, 6) is 0.329. The molecule has 0 bridgehead atoms. The van der Waals surface area contributed by atoms with Crippen LogP contribution in [0.25, 0.3) is 0 Å². The maximum atomic E-state index is 12.5. The van der Waals surface area contributed by atoms with Crippen LogP contribution in [-0.4, -0.2) is 61.9 Å². The van der Waals surface area contributed by atoms with Gasteiger partial charge in [0.25, 0.3) is 0 Å². The van der Waals surface area contributed by atoms with Crippen LogP contribution >= 0.6 is 11.8 Å². The molecule has 1 aliphatic rings. The Morgan fingerprint density at radius 2 is 1.58 bits per heavy atom. The molecule has 7 nitrogen and oxygen atoms in total. The third kappa shape index (κ3) is 16.1. The van der Waals surface area contributed by atoms with Crippen LogP contribution in [0.5, 0.6) is 0 Å². The summed E-state index contributed by atoms with van der Waals surface area (Å²) >= 11 is 1.47. The Morgan fingerprint density at radius 3 is 2.12 bits per heavy atom. The standard InChI is InChI=1S/C22H38N2O5S3.K/c1-2-3-4-5-6-7-8-9-10-11-18-31(25,26)21(20-23)13-14-22-24(16-17-30-22)15-12-19-32(27,28)29;/h13,21H,2-12,15-19H2,1H3,(H,27,28,29);/q;+1/p-1. The Balaban J connectivity index is 0.0000102. The van der Waals surface area contributed by atoms with E-state index in [0.717, 1.165) is 25.0 Å². The van der Waals surface area contributed by atoms with E-state index in [9.17, 15) is 26.7 Å². The van der Waals surface area contributed by atoms with E-state index >= 15 is 0 Å². The number of sulfone groups is 1. The summed E-state index contributed by atoms with van der Waals surface area (Å²) in [4.78, 5) is 1.87. The van der Waals surface area contributed by atoms with Gasteiger partial charge in [-0.05, 0) is 18.9 Å². The summed E-state index contributed by atoms with van der Waals surface area (Å²) in [5, 5.41) is 8.81. The zero-order valence-electron chi connectivity index (χ0n) is 20.1. The molecule has 0 aromatic heterocycles. The molecule has 0 N–H and O–H groups in total. The van der Waals surface area contributed by atoms with Crippen LogP contribution in [-0.2, 0) is 20.0 Å². The quantitative estimate of drug-likeness (QED) is 0.116. The van der Waals surface area contributed by atoms with Gasteiger partial charge in [-0.2, -0.15) is 5.26 Å². The number of thioether (sulfide) groups is 1. The Bertz CT molecular complexity index is 863. The fraction of sp³-hybridized carbons (Fsp3) is 0.818. The predicted molar refractivity (Wildman–Crippen MR) is 130 cm³/mol. The molecule has 0 amide bonds. The van der Waals surface area contributed by atoms with E-state index in [1.807, 2.05) is 11.0 Å². The van der Waals surface area contributed by atoms with Crippen molar-refractivity contribution in [3.8, 4) is 6.07 Å². The SMILES string of the molecule is CCCCCCCCCCCCS(=O)(=O)C(C#N)C=C=C1SCCN1CCCS(=O)(=O)[O-].[K+]. The molecule has 1 atom stereocenters. The Kier molecular flexibility index (Phi) is 19.2. The van der Waals surface area contributed by atoms with Gasteiger partial charge < -0.3 is 9.45 Å². The van der Waals surface area contributed by atoms with Crippen molar-refractivity contribution in [1.82, 2.24) is 4.90 Å². The second kappa shape index (κ2) is 18.9. The summed E-state index contributed by atoms with van der Waals surface area (Å²) < 4.78 is 57.3. The number of unbranched alkanes of at least 4 members (excludes halogenated alkanes) is 9. The molecular weight excluding hydrogens is 508 g/mol. The van der Waals surface area contributed by atoms with Crippen LogP contribution in [0.3, 0.4) is 0 Å². The number of rotatable bonds is 17. The van der Waals surface area contributed by atoms with E-state index in [2.05, 4.69) is 12.7 Å². The van der Waals surface area contributed by atoms with Crippen molar-refractivity contribution in [2.75, 3.05) is 30.3 Å². The molecule has 0 aliphatic carbocycles. The van der Waals surface area contributed by atoms with Crippen LogP contribution < -0.4 is 51.4 Å². The van der Waals surface area contributed by atoms with E-state index in [-0.39, 0.29) is 63.6 Å². The minimum Gasteiger partial charge on any atom is -0.748 e. The summed E-state index contributed by atoms with van der Waals surface area (Å²) in [6.07, 6.45) is 12.6. The molecule has 184 valence electrons. The van der Waals surface area contributed by atoms with Crippen molar-refractivity contribution in [2.45, 2.75) is 82.8 Å². The van der Waals surface area contributed by atoms with Gasteiger partial charge in [-0.15, -0.1) is 0 Å². The first-order valence-electron chi connectivity index (χ1n) is 11.6. The molecule has 0 saturated carbocycles. The molecule has 33 heavy (non-hydrogen) atoms. The van der Waals surface area contributed by atoms with E-state index in [1.165, 1.54) is 56.4 Å². The van der Waals surface area contributed by atoms with Gasteiger partial charge in [-0.25, -0.2) is 16.8 Å². The van der Waals surface area contributed by atoms with Crippen LogP contribution in [0.1, 0.15) is 77.6 Å². The van der Waals surface area contributed by atoms with Gasteiger partial charge in [0, 0.05) is 24.6 Å². The smallest absolute Gasteiger partial charge is 0.748 e. The fourth-order valence-corrected chi connectivity index (χ4v) is 6.31. The molecule has 1 rings (SSSR count). The van der Waals surface area contributed by atoms with Gasteiger partial charge >= 0.3 is 51.4 Å². The molecule has 11 heteroatoms. The summed E-state index contributed by atoms with van der Waals surface area (Å²) in [7, 11) is -7.81. The van der Waals surface area contributed by atoms with Crippen molar-refractivity contribution in [2.24, 2.45) is 0 Å². The van der Waals surface area contributed by atoms with Gasteiger partial charge in [0.15, 0.2) is 15.1 Å². The maximum absolute atomic E-state index is 12.5. The summed E-state index contributed by atoms with van der Waals surface area (Å²) in [6, 6.07) is 1.86. The molecule has 1 aliphatic heterocycles. The first-order valence-corrected chi connectivity index (χ1v) is 15.9. The molecular formula is C22H37KN2O5S3. The zero-order chi connectivity index (χ0) is 23.9. The van der Waals surface area contributed by atoms with Gasteiger partial charge in [0.2, 0.25) is 0 Å². The van der Waals surface area contributed by atoms with E-state index in [1.54, 1.807) is 0 Å². The molecule has 0 spiro atoms. The van der Waals surface area contributed by atoms with E-state index in [4.69, 9.17) is 0 Å². The van der Waals surface area contributed by atoms with E-state index in [0.29, 0.717) is 24.5 Å². The number of nitrogens with zero attached hydrogens (tertiary/aromatic N) is 2. The zero-order valence-corrected chi connectivity index (χ0v) is 25.7. The minimum absolute atomic E-state index is 0. The van der Waals surface area contributed by atoms with Crippen LogP contribution in [0.15, 0.2) is 16.8 Å². The first-order chi connectivity index (χ1) is 15.2. The summed E-state index contributed by atoms with van der Waals surface area (Å²) in [5.41, 5.74) is 2.93. The second-order valence-corrected chi connectivity index (χ2v) is 13.0. The molecule has 1 heterocycles. The Morgan fingerprint density at radius 1 is 1.00 bits per heavy atom. The third-order valence-electron chi connectivity index (χ3n) is 5.36. The van der Waals surface area contributed by atoms with Gasteiger partial charge in [0.05, 0.1) is 21.9 Å². The third-order valence-corrected chi connectivity index (χ3v) is 9.06. The Labute approximate surface area is 247 Å². The molecule has 0 aromatic rings. The topological polar surface area (TPSA) is 118 Å². The maximum Gasteiger partial charge on any atom is 1.00 e. The minimum atomic E-state index is -4.25. The average molecular weight is 545 g/mol. The van der Waals surface area contributed by atoms with Crippen molar-refractivity contribution >= 4 is 31.7 Å². The van der Waals surface area contributed by atoms with Crippen molar-refractivity contribution in [1.29, 1.82) is 5.26 Å². The van der Waals surface area contributed by atoms with Crippen molar-refractivity contribution in [3.05, 3.63) is 16.8 Å². The van der Waals surface area contributed by atoms with Crippen LogP contribution in [0.2, 0.25) is 0 Å². The predicted octanol–water partition coefficient (Wildman–Crippen LogP) is 1.20.